The molecule has 5 nitrogen and oxygen atoms in total. The molecule has 0 amide bonds. The topological polar surface area (TPSA) is 57.7 Å². The Hall–Kier alpha value is -1.78. The van der Waals surface area contributed by atoms with E-state index in [1.807, 2.05) is 0 Å². The molecule has 1 aromatic heterocycles. The Balaban J connectivity index is 2.82. The third kappa shape index (κ3) is 3.12. The van der Waals surface area contributed by atoms with Gasteiger partial charge in [0.05, 0.1) is 19.9 Å². The molecule has 0 radical (unpaired) electrons. The van der Waals surface area contributed by atoms with Gasteiger partial charge in [0.2, 0.25) is 0 Å². The van der Waals surface area contributed by atoms with Crippen LogP contribution in [0, 0.1) is 6.92 Å². The van der Waals surface area contributed by atoms with Crippen molar-refractivity contribution in [2.24, 2.45) is 0 Å². The molecule has 5 heteroatoms. The molecular formula is C10H13NO4. The van der Waals surface area contributed by atoms with E-state index in [2.05, 4.69) is 9.72 Å². The highest BCUT2D eigenvalue weighted by Crippen LogP contribution is 2.26. The molecule has 0 N–H and O–H groups in total. The van der Waals surface area contributed by atoms with Crippen LogP contribution in [0.3, 0.4) is 0 Å². The third-order valence-electron chi connectivity index (χ3n) is 1.64. The molecule has 15 heavy (non-hydrogen) atoms. The zero-order valence-corrected chi connectivity index (χ0v) is 8.94. The van der Waals surface area contributed by atoms with E-state index in [0.29, 0.717) is 11.5 Å². The van der Waals surface area contributed by atoms with Crippen molar-refractivity contribution in [1.29, 1.82) is 0 Å². The molecule has 0 fully saturated rings. The van der Waals surface area contributed by atoms with Crippen molar-refractivity contribution in [2.75, 3.05) is 13.7 Å². The molecule has 0 unspecified atom stereocenters. The fourth-order valence-electron chi connectivity index (χ4n) is 0.992. The van der Waals surface area contributed by atoms with Gasteiger partial charge in [-0.1, -0.05) is 0 Å². The molecule has 0 saturated heterocycles. The Morgan fingerprint density at radius 1 is 1.47 bits per heavy atom. The number of carbonyl (C=O) groups is 1. The van der Waals surface area contributed by atoms with Crippen LogP contribution in [0.25, 0.3) is 0 Å². The Morgan fingerprint density at radius 3 is 2.80 bits per heavy atom. The van der Waals surface area contributed by atoms with E-state index in [9.17, 15) is 4.79 Å². The summed E-state index contributed by atoms with van der Waals surface area (Å²) in [7, 11) is 1.48. The zero-order valence-electron chi connectivity index (χ0n) is 8.94. The van der Waals surface area contributed by atoms with Crippen molar-refractivity contribution in [3.8, 4) is 11.5 Å². The fraction of sp³-hybridized carbons (Fsp3) is 0.400. The number of rotatable bonds is 3. The highest BCUT2D eigenvalue weighted by Gasteiger charge is 2.11. The van der Waals surface area contributed by atoms with Crippen molar-refractivity contribution >= 4 is 6.16 Å². The number of hydrogen-bond donors (Lipinski definition) is 0. The summed E-state index contributed by atoms with van der Waals surface area (Å²) in [6.07, 6.45) is 0.741. The summed E-state index contributed by atoms with van der Waals surface area (Å²) in [6, 6.07) is 1.61. The summed E-state index contributed by atoms with van der Waals surface area (Å²) in [5.41, 5.74) is 0.732. The number of pyridine rings is 1. The Bertz CT molecular complexity index is 351. The average molecular weight is 211 g/mol. The van der Waals surface area contributed by atoms with E-state index in [4.69, 9.17) is 9.47 Å². The van der Waals surface area contributed by atoms with Crippen LogP contribution in [0.15, 0.2) is 12.3 Å². The minimum Gasteiger partial charge on any atom is -0.491 e. The molecule has 0 saturated carbocycles. The van der Waals surface area contributed by atoms with Gasteiger partial charge in [0.15, 0.2) is 11.5 Å². The largest absolute Gasteiger partial charge is 0.513 e. The van der Waals surface area contributed by atoms with Crippen molar-refractivity contribution in [3.63, 3.8) is 0 Å². The van der Waals surface area contributed by atoms with Gasteiger partial charge in [0.25, 0.3) is 0 Å². The maximum absolute atomic E-state index is 11.1. The van der Waals surface area contributed by atoms with Gasteiger partial charge in [-0.25, -0.2) is 4.79 Å². The van der Waals surface area contributed by atoms with Crippen LogP contribution >= 0.6 is 0 Å². The Kier molecular flexibility index (Phi) is 3.91. The standard InChI is InChI=1S/C10H13NO4/c1-4-14-10(12)15-8-5-7(2)11-6-9(8)13-3/h5-6H,4H2,1-3H3. The SMILES string of the molecule is CCOC(=O)Oc1cc(C)ncc1OC. The van der Waals surface area contributed by atoms with Gasteiger partial charge in [0, 0.05) is 11.8 Å². The van der Waals surface area contributed by atoms with Crippen molar-refractivity contribution in [3.05, 3.63) is 18.0 Å². The number of methoxy groups -OCH3 is 1. The van der Waals surface area contributed by atoms with Gasteiger partial charge >= 0.3 is 6.16 Å². The molecule has 1 rings (SSSR count). The minimum absolute atomic E-state index is 0.269. The van der Waals surface area contributed by atoms with Crippen LogP contribution in [-0.2, 0) is 4.74 Å². The highest BCUT2D eigenvalue weighted by atomic mass is 16.7. The maximum atomic E-state index is 11.1. The van der Waals surface area contributed by atoms with E-state index in [-0.39, 0.29) is 6.61 Å². The first-order chi connectivity index (χ1) is 7.17. The van der Waals surface area contributed by atoms with Gasteiger partial charge in [-0.15, -0.1) is 0 Å². The van der Waals surface area contributed by atoms with E-state index >= 15 is 0 Å². The van der Waals surface area contributed by atoms with E-state index in [1.54, 1.807) is 19.9 Å². The first kappa shape index (κ1) is 11.3. The molecule has 0 aliphatic heterocycles. The lowest BCUT2D eigenvalue weighted by atomic mass is 10.3. The molecule has 0 atom stereocenters. The lowest BCUT2D eigenvalue weighted by Gasteiger charge is -2.08. The smallest absolute Gasteiger partial charge is 0.491 e. The van der Waals surface area contributed by atoms with Gasteiger partial charge in [0.1, 0.15) is 0 Å². The number of ether oxygens (including phenoxy) is 3. The monoisotopic (exact) mass is 211 g/mol. The van der Waals surface area contributed by atoms with E-state index < -0.39 is 6.16 Å². The number of aromatic nitrogens is 1. The molecule has 0 spiro atoms. The lowest BCUT2D eigenvalue weighted by molar-refractivity contribution is 0.103. The molecular weight excluding hydrogens is 198 g/mol. The van der Waals surface area contributed by atoms with Crippen LogP contribution < -0.4 is 9.47 Å². The minimum atomic E-state index is -0.749. The van der Waals surface area contributed by atoms with Gasteiger partial charge < -0.3 is 14.2 Å². The van der Waals surface area contributed by atoms with Crippen LogP contribution in [-0.4, -0.2) is 24.9 Å². The summed E-state index contributed by atoms with van der Waals surface area (Å²) < 4.78 is 14.6. The zero-order chi connectivity index (χ0) is 11.3. The Morgan fingerprint density at radius 2 is 2.20 bits per heavy atom. The van der Waals surface area contributed by atoms with Crippen molar-refractivity contribution in [2.45, 2.75) is 13.8 Å². The Labute approximate surface area is 88.0 Å². The van der Waals surface area contributed by atoms with Crippen molar-refractivity contribution < 1.29 is 19.0 Å². The first-order valence-corrected chi connectivity index (χ1v) is 4.52. The summed E-state index contributed by atoms with van der Waals surface area (Å²) in [5.74, 6) is 0.706. The van der Waals surface area contributed by atoms with Gasteiger partial charge in [-0.2, -0.15) is 0 Å². The van der Waals surface area contributed by atoms with Crippen molar-refractivity contribution in [1.82, 2.24) is 4.98 Å². The van der Waals surface area contributed by atoms with Crippen LogP contribution in [0.1, 0.15) is 12.6 Å². The number of carbonyl (C=O) groups excluding carboxylic acids is 1. The first-order valence-electron chi connectivity index (χ1n) is 4.52. The van der Waals surface area contributed by atoms with Crippen LogP contribution in [0.4, 0.5) is 4.79 Å². The molecule has 0 aromatic carbocycles. The molecule has 0 aliphatic rings. The summed E-state index contributed by atoms with van der Waals surface area (Å²) >= 11 is 0. The fourth-order valence-corrected chi connectivity index (χ4v) is 0.992. The lowest BCUT2D eigenvalue weighted by Crippen LogP contribution is -2.11. The highest BCUT2D eigenvalue weighted by molar-refractivity contribution is 5.65. The summed E-state index contributed by atoms with van der Waals surface area (Å²) in [5, 5.41) is 0. The second-order valence-corrected chi connectivity index (χ2v) is 2.76. The molecule has 1 aromatic rings. The quantitative estimate of drug-likeness (QED) is 0.715. The van der Waals surface area contributed by atoms with E-state index in [0.717, 1.165) is 5.69 Å². The maximum Gasteiger partial charge on any atom is 0.513 e. The summed E-state index contributed by atoms with van der Waals surface area (Å²) in [6.45, 7) is 3.76. The van der Waals surface area contributed by atoms with E-state index in [1.165, 1.54) is 13.3 Å². The average Bonchev–Trinajstić information content (AvgIpc) is 2.18. The number of aryl methyl sites for hydroxylation is 1. The van der Waals surface area contributed by atoms with Gasteiger partial charge in [-0.3, -0.25) is 4.98 Å². The predicted molar refractivity (Wildman–Crippen MR) is 53.2 cm³/mol. The second kappa shape index (κ2) is 5.19. The summed E-state index contributed by atoms with van der Waals surface area (Å²) in [4.78, 5) is 15.1. The molecule has 0 bridgehead atoms. The number of hydrogen-bond acceptors (Lipinski definition) is 5. The van der Waals surface area contributed by atoms with Gasteiger partial charge in [-0.05, 0) is 13.8 Å². The number of nitrogens with zero attached hydrogens (tertiary/aromatic N) is 1. The molecule has 82 valence electrons. The van der Waals surface area contributed by atoms with Crippen LogP contribution in [0.5, 0.6) is 11.5 Å². The van der Waals surface area contributed by atoms with Crippen LogP contribution in [0.2, 0.25) is 0 Å². The third-order valence-corrected chi connectivity index (χ3v) is 1.64. The molecule has 0 aliphatic carbocycles. The predicted octanol–water partition coefficient (Wildman–Crippen LogP) is 1.93. The second-order valence-electron chi connectivity index (χ2n) is 2.76. The normalized spacial score (nSPS) is 9.53. The molecule has 1 heterocycles.